The standard InChI is InChI=1S/C23H32F2O/c1-3-5-16-6-8-17(9-7-16)18-10-12-19(13-11-18)20-14-21(24)23(26-4-2)22(25)15-20/h4,14-19H,2-3,5-13H2,1H3. The molecule has 144 valence electrons. The summed E-state index contributed by atoms with van der Waals surface area (Å²) in [6.45, 7) is 5.65. The zero-order valence-electron chi connectivity index (χ0n) is 16.0. The average Bonchev–Trinajstić information content (AvgIpc) is 2.66. The first-order valence-corrected chi connectivity index (χ1v) is 10.4. The number of benzene rings is 1. The minimum Gasteiger partial charge on any atom is -0.459 e. The van der Waals surface area contributed by atoms with Gasteiger partial charge in [0, 0.05) is 0 Å². The van der Waals surface area contributed by atoms with E-state index in [0.717, 1.165) is 42.4 Å². The maximum absolute atomic E-state index is 14.1. The molecule has 0 bridgehead atoms. The van der Waals surface area contributed by atoms with Gasteiger partial charge in [-0.15, -0.1) is 0 Å². The molecule has 0 radical (unpaired) electrons. The van der Waals surface area contributed by atoms with Gasteiger partial charge in [-0.2, -0.15) is 0 Å². The molecule has 2 aliphatic carbocycles. The van der Waals surface area contributed by atoms with Crippen molar-refractivity contribution >= 4 is 0 Å². The normalized spacial score (nSPS) is 29.3. The molecule has 0 N–H and O–H groups in total. The van der Waals surface area contributed by atoms with Gasteiger partial charge in [0.25, 0.3) is 0 Å². The van der Waals surface area contributed by atoms with Crippen molar-refractivity contribution in [3.63, 3.8) is 0 Å². The van der Waals surface area contributed by atoms with Gasteiger partial charge in [0.2, 0.25) is 0 Å². The molecule has 1 aromatic carbocycles. The second-order valence-corrected chi connectivity index (χ2v) is 8.28. The number of hydrogen-bond acceptors (Lipinski definition) is 1. The van der Waals surface area contributed by atoms with Gasteiger partial charge in [0.1, 0.15) is 0 Å². The molecular formula is C23H32F2O. The summed E-state index contributed by atoms with van der Waals surface area (Å²) in [6, 6.07) is 2.89. The molecule has 0 unspecified atom stereocenters. The summed E-state index contributed by atoms with van der Waals surface area (Å²) in [5.74, 6) is 1.31. The van der Waals surface area contributed by atoms with Crippen LogP contribution in [0.25, 0.3) is 0 Å². The molecule has 0 heterocycles. The van der Waals surface area contributed by atoms with Crippen molar-refractivity contribution in [2.75, 3.05) is 0 Å². The minimum atomic E-state index is -0.628. The van der Waals surface area contributed by atoms with Gasteiger partial charge in [0.05, 0.1) is 6.26 Å². The Morgan fingerprint density at radius 1 is 0.962 bits per heavy atom. The summed E-state index contributed by atoms with van der Waals surface area (Å²) < 4.78 is 33.1. The molecule has 3 rings (SSSR count). The lowest BCUT2D eigenvalue weighted by molar-refractivity contribution is 0.156. The Kier molecular flexibility index (Phi) is 6.72. The van der Waals surface area contributed by atoms with E-state index in [0.29, 0.717) is 0 Å². The first-order valence-electron chi connectivity index (χ1n) is 10.4. The van der Waals surface area contributed by atoms with Crippen molar-refractivity contribution < 1.29 is 13.5 Å². The van der Waals surface area contributed by atoms with E-state index in [-0.39, 0.29) is 11.7 Å². The summed E-state index contributed by atoms with van der Waals surface area (Å²) in [5.41, 5.74) is 0.779. The lowest BCUT2D eigenvalue weighted by atomic mass is 9.68. The van der Waals surface area contributed by atoms with E-state index in [4.69, 9.17) is 4.74 Å². The number of rotatable bonds is 6. The fourth-order valence-electron chi connectivity index (χ4n) is 5.29. The lowest BCUT2D eigenvalue weighted by Gasteiger charge is -2.38. The van der Waals surface area contributed by atoms with E-state index in [9.17, 15) is 8.78 Å². The van der Waals surface area contributed by atoms with Gasteiger partial charge < -0.3 is 4.74 Å². The minimum absolute atomic E-state index is 0.268. The van der Waals surface area contributed by atoms with Crippen molar-refractivity contribution in [1.29, 1.82) is 0 Å². The van der Waals surface area contributed by atoms with Gasteiger partial charge in [-0.1, -0.05) is 39.2 Å². The summed E-state index contributed by atoms with van der Waals surface area (Å²) >= 11 is 0. The van der Waals surface area contributed by atoms with Crippen LogP contribution < -0.4 is 4.74 Å². The third-order valence-electron chi connectivity index (χ3n) is 6.72. The topological polar surface area (TPSA) is 9.23 Å². The molecule has 1 nitrogen and oxygen atoms in total. The predicted molar refractivity (Wildman–Crippen MR) is 102 cm³/mol. The van der Waals surface area contributed by atoms with Crippen LogP contribution in [0.1, 0.15) is 82.6 Å². The number of ether oxygens (including phenoxy) is 1. The van der Waals surface area contributed by atoms with Crippen LogP contribution in [0.3, 0.4) is 0 Å². The molecule has 1 aromatic rings. The van der Waals surface area contributed by atoms with Crippen molar-refractivity contribution in [3.05, 3.63) is 42.2 Å². The van der Waals surface area contributed by atoms with Gasteiger partial charge in [-0.05, 0) is 79.9 Å². The fourth-order valence-corrected chi connectivity index (χ4v) is 5.29. The second kappa shape index (κ2) is 9.01. The second-order valence-electron chi connectivity index (χ2n) is 8.28. The van der Waals surface area contributed by atoms with Crippen molar-refractivity contribution in [3.8, 4) is 5.75 Å². The zero-order valence-corrected chi connectivity index (χ0v) is 16.0. The van der Waals surface area contributed by atoms with Crippen molar-refractivity contribution in [2.45, 2.75) is 77.0 Å². The molecule has 0 aromatic heterocycles. The van der Waals surface area contributed by atoms with Crippen LogP contribution in [0.2, 0.25) is 0 Å². The van der Waals surface area contributed by atoms with E-state index in [2.05, 4.69) is 13.5 Å². The maximum atomic E-state index is 14.1. The molecule has 0 saturated heterocycles. The van der Waals surface area contributed by atoms with Crippen LogP contribution in [0.15, 0.2) is 25.0 Å². The first kappa shape index (κ1) is 19.4. The van der Waals surface area contributed by atoms with Crippen LogP contribution in [0.4, 0.5) is 8.78 Å². The molecule has 2 saturated carbocycles. The Bertz CT molecular complexity index is 573. The Morgan fingerprint density at radius 3 is 2.00 bits per heavy atom. The molecule has 2 fully saturated rings. The quantitative estimate of drug-likeness (QED) is 0.480. The van der Waals surface area contributed by atoms with Crippen LogP contribution in [-0.2, 0) is 0 Å². The largest absolute Gasteiger partial charge is 0.459 e. The molecule has 0 atom stereocenters. The van der Waals surface area contributed by atoms with E-state index < -0.39 is 11.6 Å². The fraction of sp³-hybridized carbons (Fsp3) is 0.652. The van der Waals surface area contributed by atoms with Crippen molar-refractivity contribution in [2.24, 2.45) is 17.8 Å². The average molecular weight is 363 g/mol. The maximum Gasteiger partial charge on any atom is 0.197 e. The first-order chi connectivity index (χ1) is 12.6. The molecule has 0 spiro atoms. The molecular weight excluding hydrogens is 330 g/mol. The number of halogens is 2. The Balaban J connectivity index is 1.55. The van der Waals surface area contributed by atoms with E-state index >= 15 is 0 Å². The predicted octanol–water partition coefficient (Wildman–Crippen LogP) is 7.37. The summed E-state index contributed by atoms with van der Waals surface area (Å²) in [7, 11) is 0. The van der Waals surface area contributed by atoms with Crippen LogP contribution in [0.5, 0.6) is 5.75 Å². The smallest absolute Gasteiger partial charge is 0.197 e. The highest BCUT2D eigenvalue weighted by atomic mass is 19.1. The third kappa shape index (κ3) is 4.47. The van der Waals surface area contributed by atoms with E-state index in [1.165, 1.54) is 63.5 Å². The summed E-state index contributed by atoms with van der Waals surface area (Å²) in [6.07, 6.45) is 13.8. The van der Waals surface area contributed by atoms with Gasteiger partial charge in [-0.25, -0.2) is 8.78 Å². The Morgan fingerprint density at radius 2 is 1.50 bits per heavy atom. The highest BCUT2D eigenvalue weighted by molar-refractivity contribution is 5.33. The lowest BCUT2D eigenvalue weighted by Crippen LogP contribution is -2.25. The Hall–Kier alpha value is -1.38. The SMILES string of the molecule is C=COc1c(F)cc(C2CCC(C3CCC(CCC)CC3)CC2)cc1F. The molecule has 26 heavy (non-hydrogen) atoms. The molecule has 3 heteroatoms. The Labute approximate surface area is 156 Å². The monoisotopic (exact) mass is 362 g/mol. The van der Waals surface area contributed by atoms with Gasteiger partial charge in [-0.3, -0.25) is 0 Å². The summed E-state index contributed by atoms with van der Waals surface area (Å²) in [4.78, 5) is 0. The van der Waals surface area contributed by atoms with E-state index in [1.807, 2.05) is 0 Å². The highest BCUT2D eigenvalue weighted by Crippen LogP contribution is 2.45. The van der Waals surface area contributed by atoms with Crippen LogP contribution in [0, 0.1) is 29.4 Å². The van der Waals surface area contributed by atoms with Crippen LogP contribution >= 0.6 is 0 Å². The van der Waals surface area contributed by atoms with Crippen molar-refractivity contribution in [1.82, 2.24) is 0 Å². The third-order valence-corrected chi connectivity index (χ3v) is 6.72. The van der Waals surface area contributed by atoms with Crippen LogP contribution in [-0.4, -0.2) is 0 Å². The molecule has 0 amide bonds. The molecule has 0 aliphatic heterocycles. The number of hydrogen-bond donors (Lipinski definition) is 0. The highest BCUT2D eigenvalue weighted by Gasteiger charge is 2.31. The zero-order chi connectivity index (χ0) is 18.5. The van der Waals surface area contributed by atoms with Gasteiger partial charge in [0.15, 0.2) is 17.4 Å². The summed E-state index contributed by atoms with van der Waals surface area (Å²) in [5, 5.41) is 0. The van der Waals surface area contributed by atoms with Gasteiger partial charge >= 0.3 is 0 Å². The van der Waals surface area contributed by atoms with E-state index in [1.54, 1.807) is 0 Å². The molecule has 2 aliphatic rings.